The predicted molar refractivity (Wildman–Crippen MR) is 154 cm³/mol. The van der Waals surface area contributed by atoms with Gasteiger partial charge in [0.2, 0.25) is 0 Å². The normalized spacial score (nSPS) is 19.4. The largest absolute Gasteiger partial charge is 0.496 e. The number of esters is 1. The number of ether oxygens (including phenoxy) is 2. The number of H-pyrrole nitrogens is 1. The van der Waals surface area contributed by atoms with Crippen molar-refractivity contribution in [2.24, 2.45) is 0 Å². The average Bonchev–Trinajstić information content (AvgIpc) is 3.36. The van der Waals surface area contributed by atoms with Gasteiger partial charge in [-0.05, 0) is 48.4 Å². The number of hydrogen-bond donors (Lipinski definition) is 2. The van der Waals surface area contributed by atoms with Crippen molar-refractivity contribution >= 4 is 22.6 Å². The minimum absolute atomic E-state index is 0.178. The van der Waals surface area contributed by atoms with Crippen molar-refractivity contribution < 1.29 is 18.7 Å². The van der Waals surface area contributed by atoms with Crippen LogP contribution in [0.25, 0.3) is 10.9 Å². The number of rotatable bonds is 7. The van der Waals surface area contributed by atoms with Gasteiger partial charge in [0.05, 0.1) is 25.4 Å². The number of aromatic amines is 1. The van der Waals surface area contributed by atoms with Gasteiger partial charge in [-0.25, -0.2) is 4.39 Å². The number of nitrogens with one attached hydrogen (secondary N) is 2. The number of para-hydroxylation sites is 2. The molecule has 0 saturated carbocycles. The summed E-state index contributed by atoms with van der Waals surface area (Å²) in [5.74, 6) is 0.419. The molecule has 2 atom stereocenters. The van der Waals surface area contributed by atoms with Crippen LogP contribution in [0.1, 0.15) is 35.3 Å². The van der Waals surface area contributed by atoms with E-state index in [1.165, 1.54) is 6.07 Å². The van der Waals surface area contributed by atoms with Crippen LogP contribution in [0.2, 0.25) is 0 Å². The highest BCUT2D eigenvalue weighted by Crippen LogP contribution is 2.37. The molecule has 2 aliphatic heterocycles. The number of piperazine rings is 1. The number of nitrogens with zero attached hydrogens (tertiary/aromatic N) is 2. The molecule has 3 heterocycles. The van der Waals surface area contributed by atoms with Gasteiger partial charge in [0.25, 0.3) is 0 Å². The van der Waals surface area contributed by atoms with E-state index in [4.69, 9.17) is 9.47 Å². The summed E-state index contributed by atoms with van der Waals surface area (Å²) < 4.78 is 25.5. The molecule has 0 aliphatic carbocycles. The smallest absolute Gasteiger partial charge is 0.323 e. The van der Waals surface area contributed by atoms with Crippen LogP contribution < -0.4 is 15.0 Å². The van der Waals surface area contributed by atoms with Gasteiger partial charge in [-0.1, -0.05) is 36.4 Å². The third-order valence-electron chi connectivity index (χ3n) is 8.08. The Morgan fingerprint density at radius 1 is 1.02 bits per heavy atom. The monoisotopic (exact) mass is 542 g/mol. The molecule has 1 saturated heterocycles. The second-order valence-corrected chi connectivity index (χ2v) is 10.5. The minimum Gasteiger partial charge on any atom is -0.496 e. The maximum Gasteiger partial charge on any atom is 0.323 e. The van der Waals surface area contributed by atoms with Crippen LogP contribution in [0.3, 0.4) is 0 Å². The SMILES string of the molecule is CCOC(=O)[C@H]1Cc2c([nH]c3ccccc23)[C@H](c2ccc(OC)c(CN3CCN(c4ccccc4F)CC3)c2)N1. The molecule has 0 spiro atoms. The van der Waals surface area contributed by atoms with E-state index in [0.29, 0.717) is 18.7 Å². The van der Waals surface area contributed by atoms with Gasteiger partial charge in [-0.3, -0.25) is 15.0 Å². The lowest BCUT2D eigenvalue weighted by Crippen LogP contribution is -2.46. The van der Waals surface area contributed by atoms with Crippen molar-refractivity contribution in [3.8, 4) is 5.75 Å². The van der Waals surface area contributed by atoms with E-state index in [9.17, 15) is 9.18 Å². The first kappa shape index (κ1) is 26.3. The molecule has 3 aromatic carbocycles. The van der Waals surface area contributed by atoms with Crippen molar-refractivity contribution in [1.82, 2.24) is 15.2 Å². The Kier molecular flexibility index (Phi) is 7.45. The summed E-state index contributed by atoms with van der Waals surface area (Å²) in [6, 6.07) is 20.8. The minimum atomic E-state index is -0.436. The number of hydrogen-bond acceptors (Lipinski definition) is 6. The van der Waals surface area contributed by atoms with E-state index in [2.05, 4.69) is 44.4 Å². The highest BCUT2D eigenvalue weighted by molar-refractivity contribution is 5.87. The van der Waals surface area contributed by atoms with Gasteiger partial charge >= 0.3 is 5.97 Å². The molecule has 208 valence electrons. The Labute approximate surface area is 233 Å². The number of anilines is 1. The van der Waals surface area contributed by atoms with Crippen LogP contribution >= 0.6 is 0 Å². The van der Waals surface area contributed by atoms with Crippen molar-refractivity contribution in [2.45, 2.75) is 32.0 Å². The molecule has 2 aliphatic rings. The Balaban J connectivity index is 1.27. The van der Waals surface area contributed by atoms with E-state index < -0.39 is 6.04 Å². The number of methoxy groups -OCH3 is 1. The summed E-state index contributed by atoms with van der Waals surface area (Å²) in [5.41, 5.74) is 6.09. The van der Waals surface area contributed by atoms with E-state index in [0.717, 1.165) is 71.8 Å². The standard InChI is InChI=1S/C32H35FN4O3/c1-3-40-32(38)27-19-24-23-8-4-6-10-26(23)34-31(24)30(35-27)21-12-13-29(39-2)22(18-21)20-36-14-16-37(17-15-36)28-11-7-5-9-25(28)33/h4-13,18,27,30,34-35H,3,14-17,19-20H2,1-2H3/t27-,30+/m1/s1. The van der Waals surface area contributed by atoms with Crippen LogP contribution in [0.5, 0.6) is 5.75 Å². The molecular weight excluding hydrogens is 507 g/mol. The highest BCUT2D eigenvalue weighted by atomic mass is 19.1. The third kappa shape index (κ3) is 5.05. The highest BCUT2D eigenvalue weighted by Gasteiger charge is 2.35. The molecule has 1 aromatic heterocycles. The van der Waals surface area contributed by atoms with Crippen molar-refractivity contribution in [3.63, 3.8) is 0 Å². The van der Waals surface area contributed by atoms with Gasteiger partial charge in [-0.2, -0.15) is 0 Å². The van der Waals surface area contributed by atoms with E-state index >= 15 is 0 Å². The van der Waals surface area contributed by atoms with Crippen molar-refractivity contribution in [1.29, 1.82) is 0 Å². The zero-order chi connectivity index (χ0) is 27.6. The zero-order valence-electron chi connectivity index (χ0n) is 23.0. The van der Waals surface area contributed by atoms with Crippen molar-refractivity contribution in [3.05, 3.63) is 94.9 Å². The molecule has 2 N–H and O–H groups in total. The van der Waals surface area contributed by atoms with Crippen LogP contribution in [0.15, 0.2) is 66.7 Å². The number of benzene rings is 3. The number of halogens is 1. The molecular formula is C32H35FN4O3. The predicted octanol–water partition coefficient (Wildman–Crippen LogP) is 4.80. The summed E-state index contributed by atoms with van der Waals surface area (Å²) in [5, 5.41) is 4.71. The molecule has 8 heteroatoms. The van der Waals surface area contributed by atoms with Crippen LogP contribution in [0, 0.1) is 5.82 Å². The van der Waals surface area contributed by atoms with Crippen LogP contribution in [-0.2, 0) is 22.5 Å². The second kappa shape index (κ2) is 11.3. The first-order chi connectivity index (χ1) is 19.6. The summed E-state index contributed by atoms with van der Waals surface area (Å²) in [7, 11) is 1.69. The summed E-state index contributed by atoms with van der Waals surface area (Å²) in [6.45, 7) is 6.05. The van der Waals surface area contributed by atoms with Gasteiger partial charge in [0.1, 0.15) is 17.6 Å². The number of aromatic nitrogens is 1. The average molecular weight is 543 g/mol. The first-order valence-electron chi connectivity index (χ1n) is 14.0. The Hall–Kier alpha value is -3.88. The molecule has 0 radical (unpaired) electrons. The molecule has 40 heavy (non-hydrogen) atoms. The Morgan fingerprint density at radius 2 is 1.80 bits per heavy atom. The lowest BCUT2D eigenvalue weighted by Gasteiger charge is -2.36. The maximum atomic E-state index is 14.3. The molecule has 0 amide bonds. The van der Waals surface area contributed by atoms with Gasteiger partial charge in [0, 0.05) is 61.3 Å². The lowest BCUT2D eigenvalue weighted by molar-refractivity contribution is -0.146. The second-order valence-electron chi connectivity index (χ2n) is 10.5. The number of fused-ring (bicyclic) bond motifs is 3. The van der Waals surface area contributed by atoms with Crippen molar-refractivity contribution in [2.75, 3.05) is 44.8 Å². The molecule has 6 rings (SSSR count). The first-order valence-corrected chi connectivity index (χ1v) is 14.0. The van der Waals surface area contributed by atoms with Gasteiger partial charge < -0.3 is 19.4 Å². The number of carbonyl (C=O) groups excluding carboxylic acids is 1. The van der Waals surface area contributed by atoms with Crippen LogP contribution in [0.4, 0.5) is 10.1 Å². The maximum absolute atomic E-state index is 14.3. The Morgan fingerprint density at radius 3 is 2.58 bits per heavy atom. The quantitative estimate of drug-likeness (QED) is 0.327. The fourth-order valence-electron chi connectivity index (χ4n) is 6.09. The molecule has 0 bridgehead atoms. The molecule has 1 fully saturated rings. The lowest BCUT2D eigenvalue weighted by atomic mass is 9.89. The fourth-order valence-corrected chi connectivity index (χ4v) is 6.09. The summed E-state index contributed by atoms with van der Waals surface area (Å²) >= 11 is 0. The van der Waals surface area contributed by atoms with Crippen LogP contribution in [-0.4, -0.2) is 61.8 Å². The topological polar surface area (TPSA) is 69.8 Å². The fraction of sp³-hybridized carbons (Fsp3) is 0.344. The van der Waals surface area contributed by atoms with E-state index in [1.807, 2.05) is 37.3 Å². The summed E-state index contributed by atoms with van der Waals surface area (Å²) in [6.07, 6.45) is 0.573. The molecule has 7 nitrogen and oxygen atoms in total. The van der Waals surface area contributed by atoms with Gasteiger partial charge in [-0.15, -0.1) is 0 Å². The Bertz CT molecular complexity index is 1510. The zero-order valence-corrected chi connectivity index (χ0v) is 23.0. The van der Waals surface area contributed by atoms with Gasteiger partial charge in [0.15, 0.2) is 0 Å². The molecule has 4 aromatic rings. The molecule has 0 unspecified atom stereocenters. The number of carbonyl (C=O) groups is 1. The third-order valence-corrected chi connectivity index (χ3v) is 8.08. The van der Waals surface area contributed by atoms with E-state index in [1.54, 1.807) is 13.2 Å². The summed E-state index contributed by atoms with van der Waals surface area (Å²) in [4.78, 5) is 21.0. The van der Waals surface area contributed by atoms with E-state index in [-0.39, 0.29) is 17.8 Å².